The Kier molecular flexibility index (Phi) is 3.97. The van der Waals surface area contributed by atoms with Crippen molar-refractivity contribution in [3.8, 4) is 5.75 Å². The first-order chi connectivity index (χ1) is 11.6. The molecule has 3 aromatic rings. The molecule has 0 bridgehead atoms. The molecule has 2 heterocycles. The van der Waals surface area contributed by atoms with Crippen LogP contribution in [0.5, 0.6) is 5.75 Å². The van der Waals surface area contributed by atoms with Gasteiger partial charge in [-0.15, -0.1) is 0 Å². The Morgan fingerprint density at radius 2 is 2.08 bits per heavy atom. The number of hydrogen-bond donors (Lipinski definition) is 0. The summed E-state index contributed by atoms with van der Waals surface area (Å²) in [6.45, 7) is -2.11. The van der Waals surface area contributed by atoms with Gasteiger partial charge < -0.3 is 14.0 Å². The second-order valence-corrected chi connectivity index (χ2v) is 6.39. The summed E-state index contributed by atoms with van der Waals surface area (Å²) >= 11 is 3.47. The van der Waals surface area contributed by atoms with Gasteiger partial charge in [0, 0.05) is 10.0 Å². The number of aromatic nitrogens is 2. The zero-order chi connectivity index (χ0) is 16.7. The van der Waals surface area contributed by atoms with E-state index in [1.165, 1.54) is 0 Å². The number of hydrogen-bond acceptors (Lipinski definition) is 3. The predicted molar refractivity (Wildman–Crippen MR) is 88.3 cm³/mol. The number of ether oxygens (including phenoxy) is 2. The van der Waals surface area contributed by atoms with Gasteiger partial charge in [0.25, 0.3) is 0 Å². The maximum atomic E-state index is 12.7. The smallest absolute Gasteiger partial charge is 0.387 e. The van der Waals surface area contributed by atoms with Gasteiger partial charge in [-0.3, -0.25) is 0 Å². The summed E-state index contributed by atoms with van der Waals surface area (Å²) in [6.07, 6.45) is 0. The lowest BCUT2D eigenvalue weighted by molar-refractivity contribution is -0.0512. The molecule has 7 heteroatoms. The number of nitrogens with zero attached hydrogens (tertiary/aromatic N) is 2. The Hall–Kier alpha value is -1.99. The van der Waals surface area contributed by atoms with E-state index in [1.54, 1.807) is 24.3 Å². The molecule has 0 saturated heterocycles. The standard InChI is InChI=1S/C17H13BrF2N2O2/c18-10-5-6-12-13(7-10)22-14(8-23-9-16(22)21-12)11-3-1-2-4-15(11)24-17(19)20/h1-7,14,17H,8-9H2. The summed E-state index contributed by atoms with van der Waals surface area (Å²) in [7, 11) is 0. The number of benzene rings is 2. The minimum Gasteiger partial charge on any atom is -0.434 e. The second kappa shape index (κ2) is 6.14. The zero-order valence-corrected chi connectivity index (χ0v) is 14.0. The Morgan fingerprint density at radius 3 is 2.92 bits per heavy atom. The molecule has 0 N–H and O–H groups in total. The first-order valence-corrected chi connectivity index (χ1v) is 8.20. The van der Waals surface area contributed by atoms with E-state index in [1.807, 2.05) is 22.8 Å². The van der Waals surface area contributed by atoms with Crippen LogP contribution in [0.1, 0.15) is 17.4 Å². The minimum absolute atomic E-state index is 0.158. The van der Waals surface area contributed by atoms with Crippen LogP contribution in [0.4, 0.5) is 8.78 Å². The van der Waals surface area contributed by atoms with Crippen LogP contribution in [-0.2, 0) is 11.3 Å². The van der Waals surface area contributed by atoms with Gasteiger partial charge in [-0.25, -0.2) is 4.98 Å². The van der Waals surface area contributed by atoms with Crippen molar-refractivity contribution >= 4 is 27.0 Å². The van der Waals surface area contributed by atoms with E-state index >= 15 is 0 Å². The highest BCUT2D eigenvalue weighted by Crippen LogP contribution is 2.36. The third-order valence-electron chi connectivity index (χ3n) is 4.04. The van der Waals surface area contributed by atoms with Crippen LogP contribution in [0.15, 0.2) is 46.9 Å². The number of alkyl halides is 2. The molecule has 1 unspecified atom stereocenters. The fraction of sp³-hybridized carbons (Fsp3) is 0.235. The number of halogens is 3. The third-order valence-corrected chi connectivity index (χ3v) is 4.53. The van der Waals surface area contributed by atoms with E-state index in [4.69, 9.17) is 9.47 Å². The molecule has 1 aromatic heterocycles. The molecule has 0 amide bonds. The molecule has 124 valence electrons. The number of para-hydroxylation sites is 1. The first kappa shape index (κ1) is 15.5. The van der Waals surface area contributed by atoms with Crippen molar-refractivity contribution in [2.75, 3.05) is 6.61 Å². The van der Waals surface area contributed by atoms with Crippen molar-refractivity contribution in [2.24, 2.45) is 0 Å². The highest BCUT2D eigenvalue weighted by Gasteiger charge is 2.28. The Balaban J connectivity index is 1.88. The third kappa shape index (κ3) is 2.67. The van der Waals surface area contributed by atoms with Gasteiger partial charge in [0.05, 0.1) is 23.7 Å². The van der Waals surface area contributed by atoms with Crippen LogP contribution in [0.2, 0.25) is 0 Å². The Morgan fingerprint density at radius 1 is 1.25 bits per heavy atom. The second-order valence-electron chi connectivity index (χ2n) is 5.48. The van der Waals surface area contributed by atoms with E-state index in [-0.39, 0.29) is 11.8 Å². The molecule has 0 radical (unpaired) electrons. The summed E-state index contributed by atoms with van der Waals surface area (Å²) in [6, 6.07) is 12.3. The highest BCUT2D eigenvalue weighted by molar-refractivity contribution is 9.10. The molecule has 1 aliphatic heterocycles. The van der Waals surface area contributed by atoms with Crippen molar-refractivity contribution in [1.29, 1.82) is 0 Å². The lowest BCUT2D eigenvalue weighted by atomic mass is 10.0. The minimum atomic E-state index is -2.87. The molecule has 1 atom stereocenters. The van der Waals surface area contributed by atoms with E-state index < -0.39 is 6.61 Å². The average molecular weight is 395 g/mol. The van der Waals surface area contributed by atoms with Gasteiger partial charge in [-0.1, -0.05) is 34.1 Å². The van der Waals surface area contributed by atoms with Crippen LogP contribution >= 0.6 is 15.9 Å². The molecule has 0 spiro atoms. The molecule has 24 heavy (non-hydrogen) atoms. The molecule has 0 fully saturated rings. The van der Waals surface area contributed by atoms with Crippen LogP contribution in [-0.4, -0.2) is 22.8 Å². The van der Waals surface area contributed by atoms with Gasteiger partial charge in [0.1, 0.15) is 18.2 Å². The van der Waals surface area contributed by atoms with Crippen LogP contribution in [0.25, 0.3) is 11.0 Å². The fourth-order valence-electron chi connectivity index (χ4n) is 3.09. The maximum Gasteiger partial charge on any atom is 0.387 e. The summed E-state index contributed by atoms with van der Waals surface area (Å²) in [5, 5.41) is 0. The molecular weight excluding hydrogens is 382 g/mol. The molecule has 4 nitrogen and oxygen atoms in total. The largest absolute Gasteiger partial charge is 0.434 e. The summed E-state index contributed by atoms with van der Waals surface area (Å²) in [5.74, 6) is 0.928. The molecular formula is C17H13BrF2N2O2. The summed E-state index contributed by atoms with van der Waals surface area (Å²) in [4.78, 5) is 4.59. The van der Waals surface area contributed by atoms with E-state index in [9.17, 15) is 8.78 Å². The summed E-state index contributed by atoms with van der Waals surface area (Å²) < 4.78 is 38.8. The first-order valence-electron chi connectivity index (χ1n) is 7.41. The van der Waals surface area contributed by atoms with E-state index in [0.29, 0.717) is 18.8 Å². The summed E-state index contributed by atoms with van der Waals surface area (Å²) in [5.41, 5.74) is 2.42. The topological polar surface area (TPSA) is 36.3 Å². The number of rotatable bonds is 3. The van der Waals surface area contributed by atoms with Crippen molar-refractivity contribution in [3.63, 3.8) is 0 Å². The van der Waals surface area contributed by atoms with E-state index in [0.717, 1.165) is 21.3 Å². The van der Waals surface area contributed by atoms with Gasteiger partial charge in [-0.05, 0) is 24.3 Å². The quantitative estimate of drug-likeness (QED) is 0.655. The van der Waals surface area contributed by atoms with E-state index in [2.05, 4.69) is 20.9 Å². The van der Waals surface area contributed by atoms with Crippen molar-refractivity contribution in [2.45, 2.75) is 19.3 Å². The molecule has 0 saturated carbocycles. The number of fused-ring (bicyclic) bond motifs is 3. The maximum absolute atomic E-state index is 12.7. The van der Waals surface area contributed by atoms with Crippen LogP contribution in [0.3, 0.4) is 0 Å². The van der Waals surface area contributed by atoms with Crippen LogP contribution < -0.4 is 4.74 Å². The molecule has 4 rings (SSSR count). The molecule has 0 aliphatic carbocycles. The average Bonchev–Trinajstić information content (AvgIpc) is 2.93. The van der Waals surface area contributed by atoms with Crippen molar-refractivity contribution in [1.82, 2.24) is 9.55 Å². The molecule has 1 aliphatic rings. The Bertz CT molecular complexity index is 897. The van der Waals surface area contributed by atoms with Crippen molar-refractivity contribution in [3.05, 3.63) is 58.3 Å². The number of imidazole rings is 1. The SMILES string of the molecule is FC(F)Oc1ccccc1C1COCc2nc3ccc(Br)cc3n21. The van der Waals surface area contributed by atoms with Gasteiger partial charge in [0.15, 0.2) is 0 Å². The highest BCUT2D eigenvalue weighted by atomic mass is 79.9. The van der Waals surface area contributed by atoms with Gasteiger partial charge in [-0.2, -0.15) is 8.78 Å². The van der Waals surface area contributed by atoms with Gasteiger partial charge in [0.2, 0.25) is 0 Å². The fourth-order valence-corrected chi connectivity index (χ4v) is 3.44. The normalized spacial score (nSPS) is 17.2. The Labute approximate surface area is 145 Å². The molecule has 2 aromatic carbocycles. The van der Waals surface area contributed by atoms with Crippen LogP contribution in [0, 0.1) is 0 Å². The monoisotopic (exact) mass is 394 g/mol. The zero-order valence-electron chi connectivity index (χ0n) is 12.5. The lowest BCUT2D eigenvalue weighted by Gasteiger charge is -2.28. The van der Waals surface area contributed by atoms with Gasteiger partial charge >= 0.3 is 6.61 Å². The predicted octanol–water partition coefficient (Wildman–Crippen LogP) is 4.52. The lowest BCUT2D eigenvalue weighted by Crippen LogP contribution is -2.25. The van der Waals surface area contributed by atoms with Crippen molar-refractivity contribution < 1.29 is 18.3 Å².